The van der Waals surface area contributed by atoms with E-state index in [4.69, 9.17) is 0 Å². The molecule has 12 heavy (non-hydrogen) atoms. The minimum atomic E-state index is 0.587. The Balaban J connectivity index is 2.62. The molecular formula is C9H10N2S. The second-order valence-corrected chi connectivity index (χ2v) is 4.19. The maximum atomic E-state index is 4.18. The summed E-state index contributed by atoms with van der Waals surface area (Å²) in [5.74, 6) is 0.587. The predicted octanol–water partition coefficient (Wildman–Crippen LogP) is 2.81. The molecule has 0 bridgehead atoms. The molecule has 2 nitrogen and oxygen atoms in total. The van der Waals surface area contributed by atoms with E-state index in [9.17, 15) is 0 Å². The zero-order valence-corrected chi connectivity index (χ0v) is 7.93. The Morgan fingerprint density at radius 3 is 2.92 bits per heavy atom. The normalized spacial score (nSPS) is 11.2. The molecular weight excluding hydrogens is 168 g/mol. The SMILES string of the molecule is CC(C)c1cc2ncncc2s1. The van der Waals surface area contributed by atoms with Gasteiger partial charge < -0.3 is 0 Å². The third-order valence-corrected chi connectivity index (χ3v) is 3.14. The van der Waals surface area contributed by atoms with Crippen molar-refractivity contribution in [2.75, 3.05) is 0 Å². The summed E-state index contributed by atoms with van der Waals surface area (Å²) in [5, 5.41) is 0. The Morgan fingerprint density at radius 1 is 1.42 bits per heavy atom. The summed E-state index contributed by atoms with van der Waals surface area (Å²) in [6, 6.07) is 2.15. The molecule has 0 atom stereocenters. The van der Waals surface area contributed by atoms with Gasteiger partial charge in [-0.2, -0.15) is 0 Å². The molecule has 2 aromatic rings. The van der Waals surface area contributed by atoms with E-state index in [1.807, 2.05) is 6.20 Å². The fourth-order valence-corrected chi connectivity index (χ4v) is 2.08. The fourth-order valence-electron chi connectivity index (χ4n) is 1.09. The maximum Gasteiger partial charge on any atom is 0.116 e. The van der Waals surface area contributed by atoms with Gasteiger partial charge in [0, 0.05) is 11.1 Å². The first-order valence-corrected chi connectivity index (χ1v) is 4.78. The van der Waals surface area contributed by atoms with E-state index in [1.54, 1.807) is 17.7 Å². The van der Waals surface area contributed by atoms with E-state index in [-0.39, 0.29) is 0 Å². The van der Waals surface area contributed by atoms with Crippen LogP contribution in [0.15, 0.2) is 18.6 Å². The molecule has 62 valence electrons. The van der Waals surface area contributed by atoms with E-state index >= 15 is 0 Å². The number of aromatic nitrogens is 2. The molecule has 2 aromatic heterocycles. The molecule has 3 heteroatoms. The molecule has 2 rings (SSSR count). The van der Waals surface area contributed by atoms with E-state index in [0.717, 1.165) is 5.52 Å². The zero-order valence-electron chi connectivity index (χ0n) is 7.11. The molecule has 0 aliphatic rings. The Morgan fingerprint density at radius 2 is 2.25 bits per heavy atom. The van der Waals surface area contributed by atoms with Gasteiger partial charge in [-0.05, 0) is 12.0 Å². The van der Waals surface area contributed by atoms with E-state index < -0.39 is 0 Å². The van der Waals surface area contributed by atoms with Crippen LogP contribution >= 0.6 is 11.3 Å². The summed E-state index contributed by atoms with van der Waals surface area (Å²) < 4.78 is 1.18. The Bertz CT molecular complexity index is 359. The highest BCUT2D eigenvalue weighted by Gasteiger charge is 2.04. The third kappa shape index (κ3) is 1.20. The van der Waals surface area contributed by atoms with Crippen molar-refractivity contribution in [3.05, 3.63) is 23.5 Å². The minimum absolute atomic E-state index is 0.587. The highest BCUT2D eigenvalue weighted by atomic mass is 32.1. The lowest BCUT2D eigenvalue weighted by Gasteiger charge is -1.95. The number of hydrogen-bond donors (Lipinski definition) is 0. The Labute approximate surface area is 75.3 Å². The smallest absolute Gasteiger partial charge is 0.116 e. The van der Waals surface area contributed by atoms with Gasteiger partial charge in [0.25, 0.3) is 0 Å². The molecule has 0 saturated carbocycles. The first-order valence-electron chi connectivity index (χ1n) is 3.97. The Kier molecular flexibility index (Phi) is 1.81. The van der Waals surface area contributed by atoms with Gasteiger partial charge in [-0.25, -0.2) is 9.97 Å². The van der Waals surface area contributed by atoms with Gasteiger partial charge in [0.15, 0.2) is 0 Å². The van der Waals surface area contributed by atoms with Crippen LogP contribution in [0, 0.1) is 0 Å². The summed E-state index contributed by atoms with van der Waals surface area (Å²) >= 11 is 1.78. The van der Waals surface area contributed by atoms with Crippen LogP contribution in [0.5, 0.6) is 0 Å². The standard InChI is InChI=1S/C9H10N2S/c1-6(2)8-3-7-9(12-8)4-10-5-11-7/h3-6H,1-2H3. The predicted molar refractivity (Wildman–Crippen MR) is 51.5 cm³/mol. The monoisotopic (exact) mass is 178 g/mol. The number of thiophene rings is 1. The molecule has 0 fully saturated rings. The van der Waals surface area contributed by atoms with Gasteiger partial charge in [0.2, 0.25) is 0 Å². The van der Waals surface area contributed by atoms with Crippen molar-refractivity contribution < 1.29 is 0 Å². The molecule has 0 aromatic carbocycles. The van der Waals surface area contributed by atoms with Crippen molar-refractivity contribution >= 4 is 21.6 Å². The van der Waals surface area contributed by atoms with Crippen LogP contribution in [-0.4, -0.2) is 9.97 Å². The summed E-state index contributed by atoms with van der Waals surface area (Å²) in [4.78, 5) is 9.55. The second-order valence-electron chi connectivity index (χ2n) is 3.08. The largest absolute Gasteiger partial charge is 0.243 e. The molecule has 0 N–H and O–H groups in total. The molecule has 0 radical (unpaired) electrons. The van der Waals surface area contributed by atoms with Crippen LogP contribution in [0.1, 0.15) is 24.6 Å². The molecule has 0 saturated heterocycles. The van der Waals surface area contributed by atoms with Crippen molar-refractivity contribution in [2.24, 2.45) is 0 Å². The average molecular weight is 178 g/mol. The van der Waals surface area contributed by atoms with Crippen molar-refractivity contribution in [3.63, 3.8) is 0 Å². The lowest BCUT2D eigenvalue weighted by Crippen LogP contribution is -1.78. The summed E-state index contributed by atoms with van der Waals surface area (Å²) in [5.41, 5.74) is 1.07. The highest BCUT2D eigenvalue weighted by molar-refractivity contribution is 7.19. The quantitative estimate of drug-likeness (QED) is 0.671. The molecule has 0 unspecified atom stereocenters. The average Bonchev–Trinajstić information content (AvgIpc) is 2.46. The van der Waals surface area contributed by atoms with Gasteiger partial charge >= 0.3 is 0 Å². The summed E-state index contributed by atoms with van der Waals surface area (Å²) in [6.45, 7) is 4.39. The fraction of sp³-hybridized carbons (Fsp3) is 0.333. The van der Waals surface area contributed by atoms with Crippen LogP contribution in [-0.2, 0) is 0 Å². The number of nitrogens with zero attached hydrogens (tertiary/aromatic N) is 2. The lowest BCUT2D eigenvalue weighted by molar-refractivity contribution is 0.890. The van der Waals surface area contributed by atoms with E-state index in [1.165, 1.54) is 9.58 Å². The zero-order chi connectivity index (χ0) is 8.55. The highest BCUT2D eigenvalue weighted by Crippen LogP contribution is 2.28. The molecule has 0 spiro atoms. The van der Waals surface area contributed by atoms with Crippen LogP contribution < -0.4 is 0 Å². The lowest BCUT2D eigenvalue weighted by atomic mass is 10.2. The topological polar surface area (TPSA) is 25.8 Å². The summed E-state index contributed by atoms with van der Waals surface area (Å²) in [6.07, 6.45) is 3.47. The second kappa shape index (κ2) is 2.83. The van der Waals surface area contributed by atoms with Gasteiger partial charge in [-0.3, -0.25) is 0 Å². The first-order chi connectivity index (χ1) is 5.77. The molecule has 0 amide bonds. The van der Waals surface area contributed by atoms with Crippen molar-refractivity contribution in [3.8, 4) is 0 Å². The molecule has 2 heterocycles. The summed E-state index contributed by atoms with van der Waals surface area (Å²) in [7, 11) is 0. The van der Waals surface area contributed by atoms with Crippen molar-refractivity contribution in [1.29, 1.82) is 0 Å². The van der Waals surface area contributed by atoms with Crippen LogP contribution in [0.4, 0.5) is 0 Å². The van der Waals surface area contributed by atoms with Crippen LogP contribution in [0.25, 0.3) is 10.2 Å². The minimum Gasteiger partial charge on any atom is -0.243 e. The van der Waals surface area contributed by atoms with Crippen LogP contribution in [0.2, 0.25) is 0 Å². The Hall–Kier alpha value is -0.960. The number of fused-ring (bicyclic) bond motifs is 1. The number of rotatable bonds is 1. The van der Waals surface area contributed by atoms with E-state index in [0.29, 0.717) is 5.92 Å². The van der Waals surface area contributed by atoms with E-state index in [2.05, 4.69) is 29.9 Å². The van der Waals surface area contributed by atoms with Gasteiger partial charge in [-0.1, -0.05) is 13.8 Å². The molecule has 0 aliphatic carbocycles. The van der Waals surface area contributed by atoms with Gasteiger partial charge in [0.1, 0.15) is 6.33 Å². The van der Waals surface area contributed by atoms with Gasteiger partial charge in [0.05, 0.1) is 10.2 Å². The maximum absolute atomic E-state index is 4.18. The van der Waals surface area contributed by atoms with Crippen molar-refractivity contribution in [1.82, 2.24) is 9.97 Å². The van der Waals surface area contributed by atoms with Crippen LogP contribution in [0.3, 0.4) is 0 Å². The first kappa shape index (κ1) is 7.68. The molecule has 0 aliphatic heterocycles. The van der Waals surface area contributed by atoms with Gasteiger partial charge in [-0.15, -0.1) is 11.3 Å². The van der Waals surface area contributed by atoms with Crippen molar-refractivity contribution in [2.45, 2.75) is 19.8 Å². The number of hydrogen-bond acceptors (Lipinski definition) is 3. The third-order valence-electron chi connectivity index (χ3n) is 1.78.